The molecule has 1 amide bonds. The predicted molar refractivity (Wildman–Crippen MR) is 76.5 cm³/mol. The summed E-state index contributed by atoms with van der Waals surface area (Å²) in [6.45, 7) is 6.23. The lowest BCUT2D eigenvalue weighted by Crippen LogP contribution is -2.54. The van der Waals surface area contributed by atoms with E-state index in [2.05, 4.69) is 0 Å². The number of anilines is 1. The van der Waals surface area contributed by atoms with Crippen LogP contribution < -0.4 is 5.73 Å². The van der Waals surface area contributed by atoms with Crippen LogP contribution in [-0.2, 0) is 4.74 Å². The minimum Gasteiger partial charge on any atom is -0.444 e. The zero-order valence-electron chi connectivity index (χ0n) is 12.1. The molecule has 0 aliphatic carbocycles. The Labute approximate surface area is 118 Å². The van der Waals surface area contributed by atoms with Crippen molar-refractivity contribution in [1.82, 2.24) is 4.90 Å². The fraction of sp³-hybridized carbons (Fsp3) is 0.467. The summed E-state index contributed by atoms with van der Waals surface area (Å²) in [6, 6.07) is 7.00. The van der Waals surface area contributed by atoms with Crippen molar-refractivity contribution in [2.75, 3.05) is 18.8 Å². The number of hydrogen-bond donors (Lipinski definition) is 1. The van der Waals surface area contributed by atoms with Crippen molar-refractivity contribution < 1.29 is 14.3 Å². The molecule has 5 heteroatoms. The maximum Gasteiger partial charge on any atom is 0.410 e. The van der Waals surface area contributed by atoms with Gasteiger partial charge in [-0.15, -0.1) is 0 Å². The molecule has 2 rings (SSSR count). The van der Waals surface area contributed by atoms with E-state index < -0.39 is 5.60 Å². The highest BCUT2D eigenvalue weighted by molar-refractivity contribution is 6.03. The Balaban J connectivity index is 1.92. The summed E-state index contributed by atoms with van der Waals surface area (Å²) in [5.74, 6) is -0.199. The van der Waals surface area contributed by atoms with Crippen molar-refractivity contribution in [1.29, 1.82) is 0 Å². The molecular weight excluding hydrogens is 256 g/mol. The Morgan fingerprint density at radius 2 is 1.85 bits per heavy atom. The Bertz CT molecular complexity index is 528. The van der Waals surface area contributed by atoms with Crippen LogP contribution in [0.25, 0.3) is 0 Å². The van der Waals surface area contributed by atoms with Crippen molar-refractivity contribution >= 4 is 17.6 Å². The highest BCUT2D eigenvalue weighted by Crippen LogP contribution is 2.25. The number of nitrogen functional groups attached to an aromatic ring is 1. The molecule has 1 fully saturated rings. The number of hydrogen-bond acceptors (Lipinski definition) is 4. The van der Waals surface area contributed by atoms with Crippen LogP contribution in [0.15, 0.2) is 24.3 Å². The van der Waals surface area contributed by atoms with Gasteiger partial charge in [-0.25, -0.2) is 4.79 Å². The number of ketones is 1. The van der Waals surface area contributed by atoms with E-state index in [0.29, 0.717) is 24.3 Å². The van der Waals surface area contributed by atoms with Crippen LogP contribution in [0.5, 0.6) is 0 Å². The maximum atomic E-state index is 12.2. The molecule has 20 heavy (non-hydrogen) atoms. The fourth-order valence-electron chi connectivity index (χ4n) is 2.06. The van der Waals surface area contributed by atoms with Gasteiger partial charge in [0.15, 0.2) is 5.78 Å². The average molecular weight is 276 g/mol. The van der Waals surface area contributed by atoms with Crippen molar-refractivity contribution in [3.63, 3.8) is 0 Å². The lowest BCUT2D eigenvalue weighted by Gasteiger charge is -2.39. The second-order valence-corrected chi connectivity index (χ2v) is 6.03. The number of Topliss-reactive ketones (excluding diaryl/α,β-unsaturated/α-hetero) is 1. The van der Waals surface area contributed by atoms with Crippen LogP contribution in [0.1, 0.15) is 31.1 Å². The van der Waals surface area contributed by atoms with E-state index in [0.717, 1.165) is 0 Å². The molecule has 0 spiro atoms. The van der Waals surface area contributed by atoms with Crippen LogP contribution in [-0.4, -0.2) is 35.5 Å². The number of para-hydroxylation sites is 1. The number of likely N-dealkylation sites (tertiary alicyclic amines) is 1. The molecule has 5 nitrogen and oxygen atoms in total. The first-order chi connectivity index (χ1) is 9.28. The van der Waals surface area contributed by atoms with Gasteiger partial charge in [0.25, 0.3) is 0 Å². The smallest absolute Gasteiger partial charge is 0.410 e. The van der Waals surface area contributed by atoms with E-state index >= 15 is 0 Å². The Morgan fingerprint density at radius 1 is 1.25 bits per heavy atom. The van der Waals surface area contributed by atoms with Crippen LogP contribution in [0, 0.1) is 5.92 Å². The van der Waals surface area contributed by atoms with Gasteiger partial charge in [0.2, 0.25) is 0 Å². The SMILES string of the molecule is CC(C)(C)OC(=O)N1CC(C(=O)c2ccccc2N)C1. The number of amides is 1. The summed E-state index contributed by atoms with van der Waals surface area (Å²) < 4.78 is 5.25. The van der Waals surface area contributed by atoms with Gasteiger partial charge in [-0.1, -0.05) is 12.1 Å². The summed E-state index contributed by atoms with van der Waals surface area (Å²) in [4.78, 5) is 25.6. The second-order valence-electron chi connectivity index (χ2n) is 6.03. The molecule has 1 saturated heterocycles. The minimum absolute atomic E-state index is 0.0112. The molecule has 1 aromatic rings. The lowest BCUT2D eigenvalue weighted by atomic mass is 9.90. The third kappa shape index (κ3) is 3.10. The summed E-state index contributed by atoms with van der Waals surface area (Å²) in [7, 11) is 0. The first kappa shape index (κ1) is 14.4. The topological polar surface area (TPSA) is 72.6 Å². The average Bonchev–Trinajstić information content (AvgIpc) is 2.24. The first-order valence-corrected chi connectivity index (χ1v) is 6.64. The molecule has 108 valence electrons. The highest BCUT2D eigenvalue weighted by Gasteiger charge is 2.38. The van der Waals surface area contributed by atoms with Gasteiger partial charge in [-0.2, -0.15) is 0 Å². The standard InChI is InChI=1S/C15H20N2O3/c1-15(2,3)20-14(19)17-8-10(9-17)13(18)11-6-4-5-7-12(11)16/h4-7,10H,8-9,16H2,1-3H3. The number of benzene rings is 1. The van der Waals surface area contributed by atoms with E-state index in [-0.39, 0.29) is 17.8 Å². The molecule has 2 N–H and O–H groups in total. The van der Waals surface area contributed by atoms with Crippen molar-refractivity contribution in [2.24, 2.45) is 5.92 Å². The monoisotopic (exact) mass is 276 g/mol. The second kappa shape index (κ2) is 5.15. The number of carbonyl (C=O) groups is 2. The van der Waals surface area contributed by atoms with E-state index in [4.69, 9.17) is 10.5 Å². The van der Waals surface area contributed by atoms with Crippen LogP contribution in [0.3, 0.4) is 0 Å². The number of ether oxygens (including phenoxy) is 1. The van der Waals surface area contributed by atoms with E-state index in [1.807, 2.05) is 20.8 Å². The Hall–Kier alpha value is -2.04. The molecule has 0 radical (unpaired) electrons. The number of rotatable bonds is 2. The van der Waals surface area contributed by atoms with Crippen LogP contribution in [0.4, 0.5) is 10.5 Å². The van der Waals surface area contributed by atoms with Crippen LogP contribution >= 0.6 is 0 Å². The Kier molecular flexibility index (Phi) is 3.70. The van der Waals surface area contributed by atoms with Gasteiger partial charge in [0, 0.05) is 24.3 Å². The molecule has 1 aliphatic rings. The fourth-order valence-corrected chi connectivity index (χ4v) is 2.06. The van der Waals surface area contributed by atoms with Gasteiger partial charge in [0.1, 0.15) is 5.60 Å². The van der Waals surface area contributed by atoms with Crippen molar-refractivity contribution in [3.8, 4) is 0 Å². The summed E-state index contributed by atoms with van der Waals surface area (Å²) in [6.07, 6.45) is -0.373. The summed E-state index contributed by atoms with van der Waals surface area (Å²) in [5.41, 5.74) is 6.28. The lowest BCUT2D eigenvalue weighted by molar-refractivity contribution is 0.00151. The molecule has 1 heterocycles. The van der Waals surface area contributed by atoms with Gasteiger partial charge in [0.05, 0.1) is 5.92 Å². The van der Waals surface area contributed by atoms with Gasteiger partial charge in [-0.3, -0.25) is 4.79 Å². The number of nitrogens with two attached hydrogens (primary N) is 1. The van der Waals surface area contributed by atoms with E-state index in [1.165, 1.54) is 4.90 Å². The zero-order valence-corrected chi connectivity index (χ0v) is 12.1. The minimum atomic E-state index is -0.518. The van der Waals surface area contributed by atoms with E-state index in [9.17, 15) is 9.59 Å². The molecule has 1 aliphatic heterocycles. The normalized spacial score (nSPS) is 15.7. The van der Waals surface area contributed by atoms with Crippen molar-refractivity contribution in [3.05, 3.63) is 29.8 Å². The zero-order chi connectivity index (χ0) is 14.9. The predicted octanol–water partition coefficient (Wildman–Crippen LogP) is 2.32. The van der Waals surface area contributed by atoms with Gasteiger partial charge < -0.3 is 15.4 Å². The molecule has 0 bridgehead atoms. The Morgan fingerprint density at radius 3 is 2.40 bits per heavy atom. The highest BCUT2D eigenvalue weighted by atomic mass is 16.6. The molecule has 0 atom stereocenters. The third-order valence-corrected chi connectivity index (χ3v) is 3.13. The molecule has 0 unspecified atom stereocenters. The largest absolute Gasteiger partial charge is 0.444 e. The summed E-state index contributed by atoms with van der Waals surface area (Å²) >= 11 is 0. The number of nitrogens with zero attached hydrogens (tertiary/aromatic N) is 1. The maximum absolute atomic E-state index is 12.2. The summed E-state index contributed by atoms with van der Waals surface area (Å²) in [5, 5.41) is 0. The van der Waals surface area contributed by atoms with Gasteiger partial charge >= 0.3 is 6.09 Å². The van der Waals surface area contributed by atoms with E-state index in [1.54, 1.807) is 24.3 Å². The molecule has 0 aromatic heterocycles. The molecular formula is C15H20N2O3. The quantitative estimate of drug-likeness (QED) is 0.664. The molecule has 1 aromatic carbocycles. The third-order valence-electron chi connectivity index (χ3n) is 3.13. The van der Waals surface area contributed by atoms with Crippen molar-refractivity contribution in [2.45, 2.75) is 26.4 Å². The molecule has 0 saturated carbocycles. The number of carbonyl (C=O) groups excluding carboxylic acids is 2. The first-order valence-electron chi connectivity index (χ1n) is 6.64. The van der Waals surface area contributed by atoms with Gasteiger partial charge in [-0.05, 0) is 32.9 Å². The van der Waals surface area contributed by atoms with Crippen LogP contribution in [0.2, 0.25) is 0 Å².